The number of nitrogen functional groups attached to an aromatic ring is 1. The SMILES string of the molecule is CNc1cc(Nc2ncc([C@H](C)N3CCOCC3)cc2-c2nc(C)nc(N)n2)cnc1Cl. The molecule has 1 aliphatic heterocycles. The molecule has 0 radical (unpaired) electrons. The predicted molar refractivity (Wildman–Crippen MR) is 125 cm³/mol. The van der Waals surface area contributed by atoms with Gasteiger partial charge in [0.05, 0.1) is 36.3 Å². The first-order chi connectivity index (χ1) is 15.4. The van der Waals surface area contributed by atoms with Gasteiger partial charge in [0.2, 0.25) is 5.95 Å². The van der Waals surface area contributed by atoms with Gasteiger partial charge in [-0.25, -0.2) is 15.0 Å². The zero-order chi connectivity index (χ0) is 22.7. The van der Waals surface area contributed by atoms with Crippen LogP contribution in [0.2, 0.25) is 5.15 Å². The molecule has 32 heavy (non-hydrogen) atoms. The summed E-state index contributed by atoms with van der Waals surface area (Å²) in [5.74, 6) is 1.74. The fourth-order valence-corrected chi connectivity index (χ4v) is 3.80. The standard InChI is InChI=1S/C21H26ClN9O/c1-12(31-4-6-32-7-5-31)14-8-16(20-27-13(2)28-21(23)30-20)19(26-10-14)29-15-9-17(24-3)18(22)25-11-15/h8-12,24H,4-7H2,1-3H3,(H,26,29)(H2,23,27,28,30)/t12-/m0/s1. The van der Waals surface area contributed by atoms with Crippen molar-refractivity contribution in [2.75, 3.05) is 49.7 Å². The number of morpholine rings is 1. The summed E-state index contributed by atoms with van der Waals surface area (Å²) in [7, 11) is 1.79. The van der Waals surface area contributed by atoms with Crippen LogP contribution >= 0.6 is 11.6 Å². The van der Waals surface area contributed by atoms with Crippen molar-refractivity contribution in [1.82, 2.24) is 29.8 Å². The van der Waals surface area contributed by atoms with E-state index in [0.29, 0.717) is 28.3 Å². The molecule has 1 fully saturated rings. The summed E-state index contributed by atoms with van der Waals surface area (Å²) in [6.45, 7) is 7.14. The van der Waals surface area contributed by atoms with E-state index in [1.807, 2.05) is 18.3 Å². The van der Waals surface area contributed by atoms with E-state index in [-0.39, 0.29) is 12.0 Å². The Kier molecular flexibility index (Phi) is 6.63. The monoisotopic (exact) mass is 455 g/mol. The quantitative estimate of drug-likeness (QED) is 0.477. The second kappa shape index (κ2) is 9.60. The smallest absolute Gasteiger partial charge is 0.223 e. The highest BCUT2D eigenvalue weighted by molar-refractivity contribution is 6.32. The summed E-state index contributed by atoms with van der Waals surface area (Å²) < 4.78 is 5.49. The topological polar surface area (TPSA) is 127 Å². The molecule has 3 aromatic heterocycles. The normalized spacial score (nSPS) is 15.4. The van der Waals surface area contributed by atoms with Crippen molar-refractivity contribution in [2.24, 2.45) is 0 Å². The van der Waals surface area contributed by atoms with Gasteiger partial charge in [0.1, 0.15) is 11.6 Å². The van der Waals surface area contributed by atoms with Crippen LogP contribution in [-0.4, -0.2) is 63.2 Å². The van der Waals surface area contributed by atoms with E-state index in [4.69, 9.17) is 27.1 Å². The van der Waals surface area contributed by atoms with Crippen molar-refractivity contribution >= 4 is 34.7 Å². The molecule has 168 valence electrons. The highest BCUT2D eigenvalue weighted by Crippen LogP contribution is 2.32. The summed E-state index contributed by atoms with van der Waals surface area (Å²) in [6.07, 6.45) is 3.51. The highest BCUT2D eigenvalue weighted by atomic mass is 35.5. The first-order valence-electron chi connectivity index (χ1n) is 10.3. The first-order valence-corrected chi connectivity index (χ1v) is 10.7. The van der Waals surface area contributed by atoms with Crippen LogP contribution < -0.4 is 16.4 Å². The largest absolute Gasteiger partial charge is 0.386 e. The molecule has 11 heteroatoms. The van der Waals surface area contributed by atoms with Crippen LogP contribution in [0.5, 0.6) is 0 Å². The average molecular weight is 456 g/mol. The molecule has 1 aliphatic rings. The maximum Gasteiger partial charge on any atom is 0.223 e. The molecule has 0 unspecified atom stereocenters. The first kappa shape index (κ1) is 22.1. The minimum absolute atomic E-state index is 0.160. The second-order valence-electron chi connectivity index (χ2n) is 7.49. The Hall–Kier alpha value is -3.08. The molecule has 0 spiro atoms. The third kappa shape index (κ3) is 4.87. The van der Waals surface area contributed by atoms with Gasteiger partial charge < -0.3 is 21.1 Å². The number of anilines is 4. The van der Waals surface area contributed by atoms with Gasteiger partial charge in [0.25, 0.3) is 0 Å². The molecule has 10 nitrogen and oxygen atoms in total. The summed E-state index contributed by atoms with van der Waals surface area (Å²) in [5.41, 5.74) is 9.11. The third-order valence-corrected chi connectivity index (χ3v) is 5.66. The van der Waals surface area contributed by atoms with Crippen LogP contribution in [0.25, 0.3) is 11.4 Å². The van der Waals surface area contributed by atoms with Crippen LogP contribution in [0.15, 0.2) is 24.5 Å². The van der Waals surface area contributed by atoms with Crippen molar-refractivity contribution in [1.29, 1.82) is 0 Å². The molecule has 0 saturated carbocycles. The van der Waals surface area contributed by atoms with Crippen molar-refractivity contribution < 1.29 is 4.74 Å². The van der Waals surface area contributed by atoms with Gasteiger partial charge in [0.15, 0.2) is 11.0 Å². The van der Waals surface area contributed by atoms with Gasteiger partial charge in [-0.2, -0.15) is 9.97 Å². The number of hydrogen-bond acceptors (Lipinski definition) is 10. The summed E-state index contributed by atoms with van der Waals surface area (Å²) in [6, 6.07) is 4.07. The van der Waals surface area contributed by atoms with E-state index in [1.54, 1.807) is 20.2 Å². The fraction of sp³-hybridized carbons (Fsp3) is 0.381. The molecule has 0 aliphatic carbocycles. The molecular weight excluding hydrogens is 430 g/mol. The zero-order valence-corrected chi connectivity index (χ0v) is 19.0. The Balaban J connectivity index is 1.75. The van der Waals surface area contributed by atoms with Gasteiger partial charge in [-0.1, -0.05) is 11.6 Å². The van der Waals surface area contributed by atoms with Gasteiger partial charge in [-0.05, 0) is 31.5 Å². The van der Waals surface area contributed by atoms with E-state index >= 15 is 0 Å². The van der Waals surface area contributed by atoms with E-state index in [0.717, 1.165) is 43.1 Å². The number of aromatic nitrogens is 5. The van der Waals surface area contributed by atoms with Gasteiger partial charge in [-0.3, -0.25) is 4.90 Å². The Labute approximate surface area is 191 Å². The number of nitrogens with zero attached hydrogens (tertiary/aromatic N) is 6. The predicted octanol–water partition coefficient (Wildman–Crippen LogP) is 3.05. The molecule has 4 N–H and O–H groups in total. The van der Waals surface area contributed by atoms with Crippen LogP contribution in [-0.2, 0) is 4.74 Å². The lowest BCUT2D eigenvalue weighted by Crippen LogP contribution is -2.38. The Bertz CT molecular complexity index is 1080. The van der Waals surface area contributed by atoms with Crippen LogP contribution in [0.4, 0.5) is 23.1 Å². The molecule has 3 aromatic rings. The molecule has 1 saturated heterocycles. The van der Waals surface area contributed by atoms with Gasteiger partial charge >= 0.3 is 0 Å². The third-order valence-electron chi connectivity index (χ3n) is 5.36. The lowest BCUT2D eigenvalue weighted by atomic mass is 10.1. The number of nitrogens with one attached hydrogen (secondary N) is 2. The van der Waals surface area contributed by atoms with E-state index in [2.05, 4.69) is 42.4 Å². The van der Waals surface area contributed by atoms with Crippen LogP contribution in [0.1, 0.15) is 24.4 Å². The lowest BCUT2D eigenvalue weighted by molar-refractivity contribution is 0.0198. The minimum atomic E-state index is 0.160. The number of ether oxygens (including phenoxy) is 1. The molecule has 0 bridgehead atoms. The van der Waals surface area contributed by atoms with Gasteiger partial charge in [0, 0.05) is 32.4 Å². The van der Waals surface area contributed by atoms with Crippen molar-refractivity contribution in [2.45, 2.75) is 19.9 Å². The van der Waals surface area contributed by atoms with E-state index < -0.39 is 0 Å². The molecule has 1 atom stereocenters. The van der Waals surface area contributed by atoms with E-state index in [1.165, 1.54) is 0 Å². The maximum absolute atomic E-state index is 6.12. The molecular formula is C21H26ClN9O. The van der Waals surface area contributed by atoms with Crippen molar-refractivity contribution in [3.8, 4) is 11.4 Å². The maximum atomic E-state index is 6.12. The summed E-state index contributed by atoms with van der Waals surface area (Å²) in [4.78, 5) is 24.3. The Morgan fingerprint density at radius 1 is 1.12 bits per heavy atom. The van der Waals surface area contributed by atoms with E-state index in [9.17, 15) is 0 Å². The van der Waals surface area contributed by atoms with Crippen molar-refractivity contribution in [3.63, 3.8) is 0 Å². The highest BCUT2D eigenvalue weighted by Gasteiger charge is 2.21. The lowest BCUT2D eigenvalue weighted by Gasteiger charge is -2.32. The molecule has 4 heterocycles. The fourth-order valence-electron chi connectivity index (χ4n) is 3.61. The number of pyridine rings is 2. The van der Waals surface area contributed by atoms with Crippen LogP contribution in [0.3, 0.4) is 0 Å². The second-order valence-corrected chi connectivity index (χ2v) is 7.85. The summed E-state index contributed by atoms with van der Waals surface area (Å²) in [5, 5.41) is 6.72. The molecule has 0 aromatic carbocycles. The Morgan fingerprint density at radius 2 is 1.91 bits per heavy atom. The number of nitrogens with two attached hydrogens (primary N) is 1. The summed E-state index contributed by atoms with van der Waals surface area (Å²) >= 11 is 6.12. The van der Waals surface area contributed by atoms with Crippen molar-refractivity contribution in [3.05, 3.63) is 41.1 Å². The molecule has 4 rings (SSSR count). The molecule has 0 amide bonds. The van der Waals surface area contributed by atoms with Gasteiger partial charge in [-0.15, -0.1) is 0 Å². The number of hydrogen-bond donors (Lipinski definition) is 3. The number of halogens is 1. The Morgan fingerprint density at radius 3 is 2.62 bits per heavy atom. The zero-order valence-electron chi connectivity index (χ0n) is 18.3. The number of aryl methyl sites for hydroxylation is 1. The average Bonchev–Trinajstić information content (AvgIpc) is 2.80. The minimum Gasteiger partial charge on any atom is -0.386 e. The number of rotatable bonds is 6. The van der Waals surface area contributed by atoms with Crippen LogP contribution in [0, 0.1) is 6.92 Å².